The molecule has 9 heteroatoms. The first kappa shape index (κ1) is 30.3. The molecule has 2 aromatic rings. The predicted octanol–water partition coefficient (Wildman–Crippen LogP) is 3.90. The van der Waals surface area contributed by atoms with Crippen molar-refractivity contribution in [2.24, 2.45) is 5.73 Å². The summed E-state index contributed by atoms with van der Waals surface area (Å²) in [5, 5.41) is 6.26. The number of halogens is 1. The van der Waals surface area contributed by atoms with Crippen molar-refractivity contribution in [3.8, 4) is 5.75 Å². The number of piperidine rings is 1. The Balaban J connectivity index is 1.67. The lowest BCUT2D eigenvalue weighted by molar-refractivity contribution is -0.114. The van der Waals surface area contributed by atoms with Crippen LogP contribution in [0.5, 0.6) is 5.75 Å². The van der Waals surface area contributed by atoms with Gasteiger partial charge in [0.05, 0.1) is 19.2 Å². The number of likely N-dealkylation sites (tertiary alicyclic amines) is 1. The average Bonchev–Trinajstić information content (AvgIpc) is 2.94. The van der Waals surface area contributed by atoms with Crippen LogP contribution in [-0.4, -0.2) is 69.6 Å². The van der Waals surface area contributed by atoms with Gasteiger partial charge in [-0.1, -0.05) is 23.7 Å². The molecule has 1 aliphatic heterocycles. The van der Waals surface area contributed by atoms with Crippen molar-refractivity contribution >= 4 is 29.1 Å². The second-order valence-electron chi connectivity index (χ2n) is 9.96. The lowest BCUT2D eigenvalue weighted by Crippen LogP contribution is -2.45. The van der Waals surface area contributed by atoms with Crippen molar-refractivity contribution in [1.29, 1.82) is 0 Å². The van der Waals surface area contributed by atoms with Crippen LogP contribution in [0, 0.1) is 6.92 Å². The van der Waals surface area contributed by atoms with Gasteiger partial charge in [0.25, 0.3) is 5.91 Å². The fourth-order valence-electron chi connectivity index (χ4n) is 5.21. The zero-order valence-electron chi connectivity index (χ0n) is 23.8. The van der Waals surface area contributed by atoms with Gasteiger partial charge in [-0.05, 0) is 75.4 Å². The molecular formula is C30H42ClN5O3. The summed E-state index contributed by atoms with van der Waals surface area (Å²) in [6.07, 6.45) is 3.07. The van der Waals surface area contributed by atoms with Crippen LogP contribution >= 0.6 is 11.6 Å². The van der Waals surface area contributed by atoms with E-state index in [4.69, 9.17) is 22.1 Å². The van der Waals surface area contributed by atoms with Crippen LogP contribution in [0.25, 0.3) is 0 Å². The van der Waals surface area contributed by atoms with E-state index in [-0.39, 0.29) is 12.5 Å². The van der Waals surface area contributed by atoms with Crippen molar-refractivity contribution in [2.75, 3.05) is 51.8 Å². The molecule has 4 N–H and O–H groups in total. The van der Waals surface area contributed by atoms with E-state index in [1.165, 1.54) is 5.56 Å². The molecule has 2 amide bonds. The summed E-state index contributed by atoms with van der Waals surface area (Å²) in [5.41, 5.74) is 10.1. The van der Waals surface area contributed by atoms with Crippen molar-refractivity contribution in [2.45, 2.75) is 46.1 Å². The molecule has 1 saturated heterocycles. The molecule has 0 atom stereocenters. The Hall–Kier alpha value is -3.23. The zero-order valence-corrected chi connectivity index (χ0v) is 24.5. The number of hydrogen-bond donors (Lipinski definition) is 3. The van der Waals surface area contributed by atoms with E-state index in [1.54, 1.807) is 27.1 Å². The summed E-state index contributed by atoms with van der Waals surface area (Å²) in [7, 11) is 3.40. The molecular weight excluding hydrogens is 514 g/mol. The maximum atomic E-state index is 13.2. The average molecular weight is 556 g/mol. The van der Waals surface area contributed by atoms with Gasteiger partial charge in [0.15, 0.2) is 0 Å². The highest BCUT2D eigenvalue weighted by atomic mass is 35.5. The van der Waals surface area contributed by atoms with Crippen molar-refractivity contribution < 1.29 is 14.3 Å². The van der Waals surface area contributed by atoms with Gasteiger partial charge in [-0.15, -0.1) is 0 Å². The van der Waals surface area contributed by atoms with E-state index < -0.39 is 5.91 Å². The third-order valence-corrected chi connectivity index (χ3v) is 7.86. The maximum absolute atomic E-state index is 13.2. The Bertz CT molecular complexity index is 1190. The molecule has 0 aliphatic carbocycles. The largest absolute Gasteiger partial charge is 0.497 e. The number of nitrogens with zero attached hydrogens (tertiary/aromatic N) is 2. The molecule has 1 heterocycles. The predicted molar refractivity (Wildman–Crippen MR) is 159 cm³/mol. The Kier molecular flexibility index (Phi) is 11.1. The second kappa shape index (κ2) is 14.2. The highest BCUT2D eigenvalue weighted by molar-refractivity contribution is 6.31. The minimum atomic E-state index is -0.572. The fourth-order valence-corrected chi connectivity index (χ4v) is 5.43. The van der Waals surface area contributed by atoms with E-state index in [9.17, 15) is 9.59 Å². The topological polar surface area (TPSA) is 99.9 Å². The van der Waals surface area contributed by atoms with Crippen LogP contribution in [0.2, 0.25) is 5.02 Å². The number of allylic oxidation sites excluding steroid dienone is 1. The van der Waals surface area contributed by atoms with Crippen LogP contribution < -0.4 is 26.0 Å². The molecule has 0 aromatic heterocycles. The Morgan fingerprint density at radius 3 is 2.54 bits per heavy atom. The summed E-state index contributed by atoms with van der Waals surface area (Å²) in [6, 6.07) is 12.3. The molecule has 1 fully saturated rings. The molecule has 0 spiro atoms. The van der Waals surface area contributed by atoms with Gasteiger partial charge in [-0.2, -0.15) is 0 Å². The number of ether oxygens (including phenoxy) is 1. The molecule has 8 nitrogen and oxygen atoms in total. The quantitative estimate of drug-likeness (QED) is 0.344. The molecule has 0 bridgehead atoms. The van der Waals surface area contributed by atoms with Gasteiger partial charge in [0.1, 0.15) is 5.75 Å². The van der Waals surface area contributed by atoms with Crippen molar-refractivity contribution in [1.82, 2.24) is 15.5 Å². The SMILES string of the molecule is CCN(c1cc(Cl)cc(C(=O)NC/C(C(N)=O)=C(\C)NC)c1C)C1CCN(CCc2cccc(OC)c2)CC1. The van der Waals surface area contributed by atoms with Crippen LogP contribution in [-0.2, 0) is 11.2 Å². The van der Waals surface area contributed by atoms with Gasteiger partial charge in [0.2, 0.25) is 5.91 Å². The summed E-state index contributed by atoms with van der Waals surface area (Å²) < 4.78 is 5.35. The standard InChI is InChI=1S/C30H42ClN5O3/c1-6-36(24-11-14-35(15-12-24)13-10-22-8-7-9-25(16-22)39-5)28-18-23(31)17-26(20(28)2)30(38)34-19-27(29(32)37)21(3)33-4/h7-9,16-18,24,33H,6,10-15,19H2,1-5H3,(H2,32,37)(H,34,38)/b27-21-. The summed E-state index contributed by atoms with van der Waals surface area (Å²) in [6.45, 7) is 9.74. The lowest BCUT2D eigenvalue weighted by Gasteiger charge is -2.40. The maximum Gasteiger partial charge on any atom is 0.251 e. The number of hydrogen-bond acceptors (Lipinski definition) is 6. The first-order chi connectivity index (χ1) is 18.7. The van der Waals surface area contributed by atoms with Crippen molar-refractivity contribution in [3.05, 3.63) is 69.4 Å². The summed E-state index contributed by atoms with van der Waals surface area (Å²) >= 11 is 6.52. The van der Waals surface area contributed by atoms with E-state index in [1.807, 2.05) is 25.1 Å². The number of anilines is 1. The number of primary amides is 1. The number of benzene rings is 2. The van der Waals surface area contributed by atoms with Crippen LogP contribution in [0.1, 0.15) is 48.2 Å². The first-order valence-electron chi connectivity index (χ1n) is 13.6. The zero-order chi connectivity index (χ0) is 28.5. The first-order valence-corrected chi connectivity index (χ1v) is 13.9. The number of nitrogens with one attached hydrogen (secondary N) is 2. The van der Waals surface area contributed by atoms with Gasteiger partial charge < -0.3 is 30.9 Å². The van der Waals surface area contributed by atoms with E-state index >= 15 is 0 Å². The normalized spacial score (nSPS) is 14.9. The highest BCUT2D eigenvalue weighted by Gasteiger charge is 2.26. The number of rotatable bonds is 12. The fraction of sp³-hybridized carbons (Fsp3) is 0.467. The van der Waals surface area contributed by atoms with Crippen LogP contribution in [0.4, 0.5) is 5.69 Å². The van der Waals surface area contributed by atoms with E-state index in [2.05, 4.69) is 39.5 Å². The van der Waals surface area contributed by atoms with E-state index in [0.29, 0.717) is 27.9 Å². The number of nitrogens with two attached hydrogens (primary N) is 1. The second-order valence-corrected chi connectivity index (χ2v) is 10.4. The number of amides is 2. The Labute approximate surface area is 237 Å². The third-order valence-electron chi connectivity index (χ3n) is 7.64. The monoisotopic (exact) mass is 555 g/mol. The number of carbonyl (C=O) groups is 2. The van der Waals surface area contributed by atoms with Crippen LogP contribution in [0.15, 0.2) is 47.7 Å². The third kappa shape index (κ3) is 7.90. The lowest BCUT2D eigenvalue weighted by atomic mass is 9.98. The smallest absolute Gasteiger partial charge is 0.251 e. The molecule has 0 unspecified atom stereocenters. The van der Waals surface area contributed by atoms with Crippen LogP contribution in [0.3, 0.4) is 0 Å². The minimum Gasteiger partial charge on any atom is -0.497 e. The molecule has 1 aliphatic rings. The Morgan fingerprint density at radius 1 is 1.21 bits per heavy atom. The molecule has 3 rings (SSSR count). The highest BCUT2D eigenvalue weighted by Crippen LogP contribution is 2.32. The van der Waals surface area contributed by atoms with Crippen molar-refractivity contribution in [3.63, 3.8) is 0 Å². The molecule has 39 heavy (non-hydrogen) atoms. The Morgan fingerprint density at radius 2 is 1.92 bits per heavy atom. The summed E-state index contributed by atoms with van der Waals surface area (Å²) in [5.74, 6) is 0.0348. The summed E-state index contributed by atoms with van der Waals surface area (Å²) in [4.78, 5) is 29.9. The van der Waals surface area contributed by atoms with Gasteiger partial charge >= 0.3 is 0 Å². The van der Waals surface area contributed by atoms with Gasteiger partial charge in [0, 0.05) is 61.2 Å². The minimum absolute atomic E-state index is 0.0356. The number of methoxy groups -OCH3 is 1. The molecule has 0 radical (unpaired) electrons. The molecule has 0 saturated carbocycles. The molecule has 2 aromatic carbocycles. The van der Waals surface area contributed by atoms with Gasteiger partial charge in [-0.25, -0.2) is 0 Å². The number of carbonyl (C=O) groups excluding carboxylic acids is 2. The van der Waals surface area contributed by atoms with E-state index in [0.717, 1.165) is 62.4 Å². The molecule has 212 valence electrons. The van der Waals surface area contributed by atoms with Gasteiger partial charge in [-0.3, -0.25) is 9.59 Å².